The van der Waals surface area contributed by atoms with Crippen LogP contribution in [-0.2, 0) is 4.79 Å². The summed E-state index contributed by atoms with van der Waals surface area (Å²) in [6.07, 6.45) is 0. The molecule has 0 unspecified atom stereocenters. The van der Waals surface area contributed by atoms with E-state index in [0.717, 1.165) is 5.69 Å². The van der Waals surface area contributed by atoms with E-state index >= 15 is 0 Å². The molecule has 2 rings (SSSR count). The summed E-state index contributed by atoms with van der Waals surface area (Å²) in [5, 5.41) is 6.06. The van der Waals surface area contributed by atoms with Gasteiger partial charge in [0.25, 0.3) is 0 Å². The van der Waals surface area contributed by atoms with Crippen molar-refractivity contribution in [2.24, 2.45) is 0 Å². The van der Waals surface area contributed by atoms with Gasteiger partial charge in [-0.15, -0.1) is 0 Å². The Morgan fingerprint density at radius 2 is 1.70 bits per heavy atom. The van der Waals surface area contributed by atoms with Crippen LogP contribution in [0, 0.1) is 0 Å². The molecule has 3 amide bonds. The Morgan fingerprint density at radius 3 is 2.30 bits per heavy atom. The van der Waals surface area contributed by atoms with E-state index in [9.17, 15) is 9.59 Å². The van der Waals surface area contributed by atoms with E-state index in [2.05, 4.69) is 10.6 Å². The third-order valence-corrected chi connectivity index (χ3v) is 3.42. The molecule has 0 aliphatic carbocycles. The van der Waals surface area contributed by atoms with Crippen molar-refractivity contribution >= 4 is 34.9 Å². The number of para-hydroxylation sites is 1. The van der Waals surface area contributed by atoms with Crippen molar-refractivity contribution in [2.75, 3.05) is 23.3 Å². The smallest absolute Gasteiger partial charge is 0.319 e. The number of anilines is 2. The summed E-state index contributed by atoms with van der Waals surface area (Å²) in [6, 6.07) is 15.8. The van der Waals surface area contributed by atoms with Crippen molar-refractivity contribution in [3.8, 4) is 0 Å². The van der Waals surface area contributed by atoms with Gasteiger partial charge in [0.1, 0.15) is 0 Å². The van der Waals surface area contributed by atoms with Gasteiger partial charge in [-0.3, -0.25) is 4.79 Å². The van der Waals surface area contributed by atoms with Crippen molar-refractivity contribution in [1.29, 1.82) is 0 Å². The molecule has 0 fully saturated rings. The maximum absolute atomic E-state index is 11.8. The van der Waals surface area contributed by atoms with E-state index in [-0.39, 0.29) is 11.9 Å². The molecule has 2 aromatic rings. The Labute approximate surface area is 140 Å². The third-order valence-electron chi connectivity index (χ3n) is 3.17. The van der Waals surface area contributed by atoms with E-state index in [0.29, 0.717) is 23.8 Å². The topological polar surface area (TPSA) is 61.4 Å². The summed E-state index contributed by atoms with van der Waals surface area (Å²) in [5.41, 5.74) is 1.46. The predicted octanol–water partition coefficient (Wildman–Crippen LogP) is 3.51. The Hall–Kier alpha value is -2.53. The van der Waals surface area contributed by atoms with Crippen LogP contribution in [0.2, 0.25) is 5.02 Å². The van der Waals surface area contributed by atoms with Crippen LogP contribution in [0.5, 0.6) is 0 Å². The van der Waals surface area contributed by atoms with Gasteiger partial charge in [0, 0.05) is 36.4 Å². The molecule has 0 aliphatic rings. The van der Waals surface area contributed by atoms with Gasteiger partial charge in [-0.1, -0.05) is 29.8 Å². The molecule has 0 saturated carbocycles. The minimum absolute atomic E-state index is 0.0995. The van der Waals surface area contributed by atoms with Gasteiger partial charge in [0.15, 0.2) is 0 Å². The zero-order chi connectivity index (χ0) is 16.7. The molecule has 5 nitrogen and oxygen atoms in total. The fourth-order valence-corrected chi connectivity index (χ4v) is 2.19. The number of benzene rings is 2. The lowest BCUT2D eigenvalue weighted by Gasteiger charge is -2.21. The first-order valence-electron chi connectivity index (χ1n) is 7.20. The number of hydrogen-bond donors (Lipinski definition) is 2. The maximum Gasteiger partial charge on any atom is 0.319 e. The number of hydrogen-bond acceptors (Lipinski definition) is 2. The zero-order valence-electron chi connectivity index (χ0n) is 12.8. The molecule has 2 aromatic carbocycles. The molecular formula is C17H18ClN3O2. The van der Waals surface area contributed by atoms with E-state index < -0.39 is 0 Å². The second-order valence-corrected chi connectivity index (χ2v) is 5.33. The highest BCUT2D eigenvalue weighted by molar-refractivity contribution is 6.30. The number of amides is 3. The van der Waals surface area contributed by atoms with Gasteiger partial charge in [-0.2, -0.15) is 0 Å². The second kappa shape index (κ2) is 8.19. The molecule has 0 atom stereocenters. The zero-order valence-corrected chi connectivity index (χ0v) is 13.5. The summed E-state index contributed by atoms with van der Waals surface area (Å²) in [6.45, 7) is 2.19. The summed E-state index contributed by atoms with van der Waals surface area (Å²) >= 11 is 5.85. The average molecular weight is 332 g/mol. The van der Waals surface area contributed by atoms with Gasteiger partial charge < -0.3 is 15.5 Å². The quantitative estimate of drug-likeness (QED) is 0.880. The second-order valence-electron chi connectivity index (χ2n) is 4.89. The summed E-state index contributed by atoms with van der Waals surface area (Å²) in [5.74, 6) is -0.0995. The van der Waals surface area contributed by atoms with Crippen LogP contribution in [0.1, 0.15) is 6.92 Å². The summed E-state index contributed by atoms with van der Waals surface area (Å²) in [4.78, 5) is 25.1. The van der Waals surface area contributed by atoms with Crippen molar-refractivity contribution in [3.63, 3.8) is 0 Å². The lowest BCUT2D eigenvalue weighted by atomic mass is 10.3. The van der Waals surface area contributed by atoms with E-state index in [1.165, 1.54) is 6.92 Å². The number of nitrogens with one attached hydrogen (secondary N) is 2. The van der Waals surface area contributed by atoms with Crippen LogP contribution in [0.3, 0.4) is 0 Å². The highest BCUT2D eigenvalue weighted by atomic mass is 35.5. The first kappa shape index (κ1) is 16.8. The van der Waals surface area contributed by atoms with E-state index in [4.69, 9.17) is 11.6 Å². The van der Waals surface area contributed by atoms with Gasteiger partial charge in [0.2, 0.25) is 5.91 Å². The number of carbonyl (C=O) groups is 2. The Kier molecular flexibility index (Phi) is 6.00. The molecule has 0 saturated heterocycles. The van der Waals surface area contributed by atoms with E-state index in [1.54, 1.807) is 41.3 Å². The van der Waals surface area contributed by atoms with Crippen LogP contribution < -0.4 is 15.5 Å². The highest BCUT2D eigenvalue weighted by Gasteiger charge is 2.11. The monoisotopic (exact) mass is 331 g/mol. The third kappa shape index (κ3) is 5.30. The number of nitrogens with zero attached hydrogens (tertiary/aromatic N) is 1. The molecule has 0 bridgehead atoms. The molecule has 0 aromatic heterocycles. The molecule has 23 heavy (non-hydrogen) atoms. The number of urea groups is 1. The van der Waals surface area contributed by atoms with Gasteiger partial charge in [-0.25, -0.2) is 4.79 Å². The minimum Gasteiger partial charge on any atom is -0.336 e. The van der Waals surface area contributed by atoms with Crippen molar-refractivity contribution in [3.05, 3.63) is 59.6 Å². The highest BCUT2D eigenvalue weighted by Crippen LogP contribution is 2.17. The van der Waals surface area contributed by atoms with Crippen LogP contribution in [0.4, 0.5) is 16.2 Å². The summed E-state index contributed by atoms with van der Waals surface area (Å²) in [7, 11) is 0. The molecule has 0 heterocycles. The standard InChI is InChI=1S/C17H18ClN3O2/c1-13(22)21(16-9-7-14(18)8-10-16)12-11-19-17(23)20-15-5-3-2-4-6-15/h2-10H,11-12H2,1H3,(H2,19,20,23). The molecule has 120 valence electrons. The van der Waals surface area contributed by atoms with E-state index in [1.807, 2.05) is 18.2 Å². The van der Waals surface area contributed by atoms with Gasteiger partial charge in [0.05, 0.1) is 0 Å². The Balaban J connectivity index is 1.86. The average Bonchev–Trinajstić information content (AvgIpc) is 2.53. The Bertz CT molecular complexity index is 659. The number of rotatable bonds is 5. The van der Waals surface area contributed by atoms with Crippen molar-refractivity contribution < 1.29 is 9.59 Å². The fraction of sp³-hybridized carbons (Fsp3) is 0.176. The normalized spacial score (nSPS) is 10.0. The fourth-order valence-electron chi connectivity index (χ4n) is 2.07. The lowest BCUT2D eigenvalue weighted by Crippen LogP contribution is -2.39. The van der Waals surface area contributed by atoms with Crippen LogP contribution in [0.15, 0.2) is 54.6 Å². The first-order valence-corrected chi connectivity index (χ1v) is 7.57. The Morgan fingerprint density at radius 1 is 1.04 bits per heavy atom. The molecule has 0 radical (unpaired) electrons. The largest absolute Gasteiger partial charge is 0.336 e. The van der Waals surface area contributed by atoms with Crippen LogP contribution in [-0.4, -0.2) is 25.0 Å². The first-order chi connectivity index (χ1) is 11.1. The molecule has 0 aliphatic heterocycles. The van der Waals surface area contributed by atoms with Crippen LogP contribution in [0.25, 0.3) is 0 Å². The van der Waals surface area contributed by atoms with Crippen LogP contribution >= 0.6 is 11.6 Å². The molecule has 2 N–H and O–H groups in total. The van der Waals surface area contributed by atoms with Gasteiger partial charge in [-0.05, 0) is 36.4 Å². The lowest BCUT2D eigenvalue weighted by molar-refractivity contribution is -0.116. The number of carbonyl (C=O) groups excluding carboxylic acids is 2. The minimum atomic E-state index is -0.309. The number of halogens is 1. The molecular weight excluding hydrogens is 314 g/mol. The molecule has 6 heteroatoms. The SMILES string of the molecule is CC(=O)N(CCNC(=O)Nc1ccccc1)c1ccc(Cl)cc1. The molecule has 0 spiro atoms. The van der Waals surface area contributed by atoms with Crippen molar-refractivity contribution in [1.82, 2.24) is 5.32 Å². The van der Waals surface area contributed by atoms with Crippen molar-refractivity contribution in [2.45, 2.75) is 6.92 Å². The summed E-state index contributed by atoms with van der Waals surface area (Å²) < 4.78 is 0. The maximum atomic E-state index is 11.8. The predicted molar refractivity (Wildman–Crippen MR) is 92.9 cm³/mol. The van der Waals surface area contributed by atoms with Gasteiger partial charge >= 0.3 is 6.03 Å².